The van der Waals surface area contributed by atoms with Crippen molar-refractivity contribution in [2.45, 2.75) is 46.0 Å². The maximum absolute atomic E-state index is 5.36. The van der Waals surface area contributed by atoms with Crippen LogP contribution in [0, 0.1) is 4.64 Å². The maximum Gasteiger partial charge on any atom is 0.133 e. The van der Waals surface area contributed by atoms with Crippen LogP contribution in [0.1, 0.15) is 45.2 Å². The van der Waals surface area contributed by atoms with E-state index >= 15 is 0 Å². The molecular weight excluding hydrogens is 264 g/mol. The monoisotopic (exact) mass is 286 g/mol. The zero-order chi connectivity index (χ0) is 14.8. The van der Waals surface area contributed by atoms with Crippen LogP contribution in [0.25, 0.3) is 11.3 Å². The van der Waals surface area contributed by atoms with Gasteiger partial charge in [0.25, 0.3) is 0 Å². The van der Waals surface area contributed by atoms with Crippen molar-refractivity contribution < 1.29 is 0 Å². The fourth-order valence-corrected chi connectivity index (χ4v) is 2.56. The molecule has 0 bridgehead atoms. The van der Waals surface area contributed by atoms with Crippen LogP contribution in [0.5, 0.6) is 0 Å². The fraction of sp³-hybridized carbons (Fsp3) is 0.412. The van der Waals surface area contributed by atoms with Gasteiger partial charge in [0.1, 0.15) is 4.64 Å². The van der Waals surface area contributed by atoms with Gasteiger partial charge >= 0.3 is 0 Å². The predicted molar refractivity (Wildman–Crippen MR) is 87.6 cm³/mol. The Morgan fingerprint density at radius 1 is 1.15 bits per heavy atom. The summed E-state index contributed by atoms with van der Waals surface area (Å²) in [6.45, 7) is 8.84. The first-order chi connectivity index (χ1) is 9.43. The van der Waals surface area contributed by atoms with Crippen molar-refractivity contribution >= 4 is 12.2 Å². The zero-order valence-corrected chi connectivity index (χ0v) is 13.5. The molecule has 1 aromatic heterocycles. The first-order valence-electron chi connectivity index (χ1n) is 7.11. The van der Waals surface area contributed by atoms with Gasteiger partial charge in [0.15, 0.2) is 0 Å². The van der Waals surface area contributed by atoms with Crippen molar-refractivity contribution in [3.8, 4) is 11.3 Å². The highest BCUT2D eigenvalue weighted by Gasteiger charge is 2.14. The molecule has 106 valence electrons. The van der Waals surface area contributed by atoms with Crippen molar-refractivity contribution in [3.63, 3.8) is 0 Å². The summed E-state index contributed by atoms with van der Waals surface area (Å²) in [5.41, 5.74) is 4.94. The third-order valence-corrected chi connectivity index (χ3v) is 3.84. The SMILES string of the molecule is CCCc1c(-c2ccc(C(C)(C)C)cc2)[nH]cnc1=S. The summed E-state index contributed by atoms with van der Waals surface area (Å²) in [4.78, 5) is 7.46. The van der Waals surface area contributed by atoms with E-state index in [0.29, 0.717) is 4.64 Å². The minimum absolute atomic E-state index is 0.177. The van der Waals surface area contributed by atoms with Crippen molar-refractivity contribution in [2.24, 2.45) is 0 Å². The Morgan fingerprint density at radius 2 is 1.80 bits per heavy atom. The average molecular weight is 286 g/mol. The van der Waals surface area contributed by atoms with E-state index in [1.807, 2.05) is 0 Å². The van der Waals surface area contributed by atoms with Gasteiger partial charge in [-0.3, -0.25) is 0 Å². The van der Waals surface area contributed by atoms with E-state index in [9.17, 15) is 0 Å². The van der Waals surface area contributed by atoms with Crippen molar-refractivity contribution in [2.75, 3.05) is 0 Å². The number of hydrogen-bond acceptors (Lipinski definition) is 2. The lowest BCUT2D eigenvalue weighted by molar-refractivity contribution is 0.590. The molecule has 0 saturated heterocycles. The highest BCUT2D eigenvalue weighted by molar-refractivity contribution is 7.71. The molecule has 1 aromatic carbocycles. The smallest absolute Gasteiger partial charge is 0.133 e. The molecule has 0 aliphatic rings. The average Bonchev–Trinajstić information content (AvgIpc) is 2.40. The van der Waals surface area contributed by atoms with Crippen LogP contribution < -0.4 is 0 Å². The van der Waals surface area contributed by atoms with Gasteiger partial charge in [-0.1, -0.05) is 70.6 Å². The second-order valence-electron chi connectivity index (χ2n) is 6.14. The summed E-state index contributed by atoms with van der Waals surface area (Å²) in [6, 6.07) is 8.73. The van der Waals surface area contributed by atoms with Crippen LogP contribution in [-0.2, 0) is 11.8 Å². The third kappa shape index (κ3) is 3.15. The summed E-state index contributed by atoms with van der Waals surface area (Å²) >= 11 is 5.36. The normalized spacial score (nSPS) is 11.6. The van der Waals surface area contributed by atoms with Crippen LogP contribution in [0.15, 0.2) is 30.6 Å². The van der Waals surface area contributed by atoms with Crippen LogP contribution in [-0.4, -0.2) is 9.97 Å². The Balaban J connectivity index is 2.47. The second kappa shape index (κ2) is 5.88. The lowest BCUT2D eigenvalue weighted by atomic mass is 9.86. The summed E-state index contributed by atoms with van der Waals surface area (Å²) in [5.74, 6) is 0. The number of rotatable bonds is 3. The van der Waals surface area contributed by atoms with Crippen molar-refractivity contribution in [1.82, 2.24) is 9.97 Å². The molecule has 0 radical (unpaired) electrons. The van der Waals surface area contributed by atoms with Gasteiger partial charge in [-0.2, -0.15) is 0 Å². The molecule has 0 spiro atoms. The molecule has 0 amide bonds. The first kappa shape index (κ1) is 14.9. The Bertz CT molecular complexity index is 633. The molecule has 0 fully saturated rings. The Labute approximate surface area is 126 Å². The zero-order valence-electron chi connectivity index (χ0n) is 12.7. The van der Waals surface area contributed by atoms with Gasteiger partial charge in [-0.15, -0.1) is 0 Å². The Morgan fingerprint density at radius 3 is 2.35 bits per heavy atom. The Hall–Kier alpha value is -1.48. The first-order valence-corrected chi connectivity index (χ1v) is 7.51. The molecular formula is C17H22N2S. The topological polar surface area (TPSA) is 28.7 Å². The number of aromatic nitrogens is 2. The standard InChI is InChI=1S/C17H22N2S/c1-5-6-14-15(18-11-19-16(14)20)12-7-9-13(10-8-12)17(2,3)4/h7-11H,5-6H2,1-4H3,(H,18,19,20). The molecule has 0 atom stereocenters. The molecule has 2 nitrogen and oxygen atoms in total. The Kier molecular flexibility index (Phi) is 4.39. The molecule has 20 heavy (non-hydrogen) atoms. The van der Waals surface area contributed by atoms with E-state index in [4.69, 9.17) is 12.2 Å². The van der Waals surface area contributed by atoms with E-state index in [2.05, 4.69) is 61.9 Å². The largest absolute Gasteiger partial charge is 0.346 e. The quantitative estimate of drug-likeness (QED) is 0.799. The number of nitrogens with one attached hydrogen (secondary N) is 1. The number of H-pyrrole nitrogens is 1. The number of benzene rings is 1. The van der Waals surface area contributed by atoms with Crippen LogP contribution in [0.2, 0.25) is 0 Å². The van der Waals surface area contributed by atoms with Crippen LogP contribution in [0.4, 0.5) is 0 Å². The molecule has 0 aliphatic heterocycles. The van der Waals surface area contributed by atoms with Gasteiger partial charge in [0, 0.05) is 5.56 Å². The molecule has 2 rings (SSSR count). The second-order valence-corrected chi connectivity index (χ2v) is 6.53. The summed E-state index contributed by atoms with van der Waals surface area (Å²) in [6.07, 6.45) is 3.71. The molecule has 2 aromatic rings. The van der Waals surface area contributed by atoms with Crippen LogP contribution >= 0.6 is 12.2 Å². The van der Waals surface area contributed by atoms with E-state index < -0.39 is 0 Å². The maximum atomic E-state index is 5.36. The van der Waals surface area contributed by atoms with E-state index in [1.54, 1.807) is 6.33 Å². The molecule has 0 aliphatic carbocycles. The summed E-state index contributed by atoms with van der Waals surface area (Å²) in [5, 5.41) is 0. The highest BCUT2D eigenvalue weighted by atomic mass is 32.1. The minimum Gasteiger partial charge on any atom is -0.346 e. The molecule has 1 heterocycles. The lowest BCUT2D eigenvalue weighted by Crippen LogP contribution is -2.10. The van der Waals surface area contributed by atoms with E-state index in [-0.39, 0.29) is 5.41 Å². The lowest BCUT2D eigenvalue weighted by Gasteiger charge is -2.19. The minimum atomic E-state index is 0.177. The molecule has 3 heteroatoms. The van der Waals surface area contributed by atoms with Crippen molar-refractivity contribution in [3.05, 3.63) is 46.4 Å². The number of nitrogens with zero attached hydrogens (tertiary/aromatic N) is 1. The molecule has 0 unspecified atom stereocenters. The fourth-order valence-electron chi connectivity index (χ4n) is 2.30. The van der Waals surface area contributed by atoms with Gasteiger partial charge in [0.2, 0.25) is 0 Å². The molecule has 0 saturated carbocycles. The third-order valence-electron chi connectivity index (χ3n) is 3.49. The molecule has 1 N–H and O–H groups in total. The van der Waals surface area contributed by atoms with Gasteiger partial charge in [-0.25, -0.2) is 4.98 Å². The van der Waals surface area contributed by atoms with E-state index in [0.717, 1.165) is 24.1 Å². The number of hydrogen-bond donors (Lipinski definition) is 1. The van der Waals surface area contributed by atoms with Gasteiger partial charge < -0.3 is 4.98 Å². The highest BCUT2D eigenvalue weighted by Crippen LogP contribution is 2.27. The van der Waals surface area contributed by atoms with Crippen molar-refractivity contribution in [1.29, 1.82) is 0 Å². The summed E-state index contributed by atoms with van der Waals surface area (Å²) < 4.78 is 0.709. The summed E-state index contributed by atoms with van der Waals surface area (Å²) in [7, 11) is 0. The predicted octanol–water partition coefficient (Wildman–Crippen LogP) is 5.06. The van der Waals surface area contributed by atoms with Gasteiger partial charge in [-0.05, 0) is 23.0 Å². The van der Waals surface area contributed by atoms with E-state index in [1.165, 1.54) is 11.1 Å². The van der Waals surface area contributed by atoms with Gasteiger partial charge in [0.05, 0.1) is 12.0 Å². The van der Waals surface area contributed by atoms with Crippen LogP contribution in [0.3, 0.4) is 0 Å². The number of aromatic amines is 1.